The third-order valence-electron chi connectivity index (χ3n) is 2.52. The molecule has 0 aliphatic carbocycles. The van der Waals surface area contributed by atoms with Crippen molar-refractivity contribution in [2.75, 3.05) is 6.54 Å². The van der Waals surface area contributed by atoms with E-state index in [1.54, 1.807) is 0 Å². The molecule has 1 aliphatic heterocycles. The van der Waals surface area contributed by atoms with Crippen molar-refractivity contribution in [3.63, 3.8) is 0 Å². The van der Waals surface area contributed by atoms with Gasteiger partial charge in [-0.05, 0) is 37.2 Å². The van der Waals surface area contributed by atoms with Gasteiger partial charge in [-0.1, -0.05) is 0 Å². The molecular formula is C11H12FNO. The van der Waals surface area contributed by atoms with E-state index in [2.05, 4.69) is 5.32 Å². The Hall–Kier alpha value is -1.22. The monoisotopic (exact) mass is 193 g/mol. The van der Waals surface area contributed by atoms with Crippen LogP contribution in [-0.4, -0.2) is 18.4 Å². The van der Waals surface area contributed by atoms with E-state index in [0.717, 1.165) is 13.0 Å². The summed E-state index contributed by atoms with van der Waals surface area (Å²) in [7, 11) is 0. The third kappa shape index (κ3) is 1.99. The summed E-state index contributed by atoms with van der Waals surface area (Å²) in [5.74, 6) is -0.217. The van der Waals surface area contributed by atoms with Crippen molar-refractivity contribution in [1.82, 2.24) is 5.32 Å². The van der Waals surface area contributed by atoms with Gasteiger partial charge in [0.05, 0.1) is 0 Å². The Morgan fingerprint density at radius 2 is 2.07 bits per heavy atom. The van der Waals surface area contributed by atoms with Crippen molar-refractivity contribution in [2.24, 2.45) is 0 Å². The minimum atomic E-state index is -0.302. The maximum atomic E-state index is 12.6. The smallest absolute Gasteiger partial charge is 0.164 e. The first kappa shape index (κ1) is 9.34. The zero-order valence-corrected chi connectivity index (χ0v) is 7.79. The van der Waals surface area contributed by atoms with Crippen LogP contribution in [0.1, 0.15) is 23.2 Å². The molecule has 1 heterocycles. The molecule has 0 aromatic heterocycles. The highest BCUT2D eigenvalue weighted by atomic mass is 19.1. The van der Waals surface area contributed by atoms with Gasteiger partial charge in [-0.25, -0.2) is 4.39 Å². The van der Waals surface area contributed by atoms with Crippen molar-refractivity contribution >= 4 is 5.78 Å². The van der Waals surface area contributed by atoms with Gasteiger partial charge in [0.1, 0.15) is 5.82 Å². The molecule has 0 amide bonds. The van der Waals surface area contributed by atoms with Crippen LogP contribution >= 0.6 is 0 Å². The van der Waals surface area contributed by atoms with E-state index < -0.39 is 0 Å². The van der Waals surface area contributed by atoms with Crippen LogP contribution in [0.4, 0.5) is 4.39 Å². The Balaban J connectivity index is 1.99. The Morgan fingerprint density at radius 3 is 2.57 bits per heavy atom. The number of hydrogen-bond acceptors (Lipinski definition) is 2. The van der Waals surface area contributed by atoms with Crippen molar-refractivity contribution in [3.8, 4) is 0 Å². The number of hydrogen-bond donors (Lipinski definition) is 1. The van der Waals surface area contributed by atoms with Crippen LogP contribution in [0.2, 0.25) is 0 Å². The molecule has 74 valence electrons. The lowest BCUT2D eigenvalue weighted by Crippen LogP contribution is -2.44. The first-order valence-electron chi connectivity index (χ1n) is 4.78. The number of carbonyl (C=O) groups is 1. The van der Waals surface area contributed by atoms with Crippen molar-refractivity contribution in [1.29, 1.82) is 0 Å². The number of Topliss-reactive ketones (excluding diaryl/α,β-unsaturated/α-hetero) is 1. The molecular weight excluding hydrogens is 181 g/mol. The van der Waals surface area contributed by atoms with E-state index >= 15 is 0 Å². The first-order valence-corrected chi connectivity index (χ1v) is 4.78. The molecule has 0 saturated carbocycles. The molecule has 0 radical (unpaired) electrons. The van der Waals surface area contributed by atoms with Crippen LogP contribution in [-0.2, 0) is 0 Å². The predicted molar refractivity (Wildman–Crippen MR) is 51.8 cm³/mol. The highest BCUT2D eigenvalue weighted by Gasteiger charge is 2.20. The van der Waals surface area contributed by atoms with E-state index in [0.29, 0.717) is 18.0 Å². The fraction of sp³-hybridized carbons (Fsp3) is 0.364. The Labute approximate surface area is 82.1 Å². The molecule has 1 aromatic carbocycles. The molecule has 1 atom stereocenters. The number of benzene rings is 1. The highest BCUT2D eigenvalue weighted by molar-refractivity contribution is 5.96. The second kappa shape index (κ2) is 3.88. The van der Waals surface area contributed by atoms with Crippen molar-refractivity contribution in [3.05, 3.63) is 35.6 Å². The molecule has 3 heteroatoms. The van der Waals surface area contributed by atoms with Gasteiger partial charge in [0.25, 0.3) is 0 Å². The summed E-state index contributed by atoms with van der Waals surface area (Å²) in [5, 5.41) is 3.16. The normalized spacial score (nSPS) is 20.2. The number of ketones is 1. The van der Waals surface area contributed by atoms with Gasteiger partial charge >= 0.3 is 0 Å². The van der Waals surface area contributed by atoms with Crippen molar-refractivity contribution < 1.29 is 9.18 Å². The third-order valence-corrected chi connectivity index (χ3v) is 2.52. The minimum Gasteiger partial charge on any atom is -0.313 e. The summed E-state index contributed by atoms with van der Waals surface area (Å²) in [6, 6.07) is 6.04. The van der Waals surface area contributed by atoms with Gasteiger partial charge in [0.2, 0.25) is 0 Å². The summed E-state index contributed by atoms with van der Waals surface area (Å²) in [5.41, 5.74) is 0.597. The molecule has 1 unspecified atom stereocenters. The Morgan fingerprint density at radius 1 is 1.43 bits per heavy atom. The summed E-state index contributed by atoms with van der Waals surface area (Å²) >= 11 is 0. The molecule has 1 aliphatic rings. The fourth-order valence-corrected chi connectivity index (χ4v) is 1.50. The van der Waals surface area contributed by atoms with Crippen LogP contribution in [0.3, 0.4) is 0 Å². The molecule has 0 spiro atoms. The second-order valence-electron chi connectivity index (χ2n) is 3.57. The fourth-order valence-electron chi connectivity index (χ4n) is 1.50. The van der Waals surface area contributed by atoms with Gasteiger partial charge < -0.3 is 5.32 Å². The van der Waals surface area contributed by atoms with E-state index in [1.165, 1.54) is 24.3 Å². The molecule has 14 heavy (non-hydrogen) atoms. The highest BCUT2D eigenvalue weighted by Crippen LogP contribution is 2.12. The van der Waals surface area contributed by atoms with Crippen LogP contribution in [0.25, 0.3) is 0 Å². The standard InChI is InChI=1S/C11H12FNO/c12-9-3-1-8(2-4-9)11(14)7-10-5-6-13-10/h1-4,10,13H,5-7H2. The lowest BCUT2D eigenvalue weighted by molar-refractivity contribution is 0.0956. The van der Waals surface area contributed by atoms with Gasteiger partial charge in [0.15, 0.2) is 5.78 Å². The molecule has 0 bridgehead atoms. The quantitative estimate of drug-likeness (QED) is 0.741. The average Bonchev–Trinajstić information content (AvgIpc) is 2.12. The van der Waals surface area contributed by atoms with Gasteiger partial charge in [-0.2, -0.15) is 0 Å². The van der Waals surface area contributed by atoms with Crippen LogP contribution in [0.15, 0.2) is 24.3 Å². The van der Waals surface area contributed by atoms with Gasteiger partial charge in [-0.3, -0.25) is 4.79 Å². The molecule has 2 nitrogen and oxygen atoms in total. The number of nitrogens with one attached hydrogen (secondary N) is 1. The predicted octanol–water partition coefficient (Wildman–Crippen LogP) is 1.76. The van der Waals surface area contributed by atoms with E-state index in [4.69, 9.17) is 0 Å². The maximum absolute atomic E-state index is 12.6. The molecule has 1 saturated heterocycles. The van der Waals surface area contributed by atoms with Crippen LogP contribution in [0.5, 0.6) is 0 Å². The molecule has 1 fully saturated rings. The summed E-state index contributed by atoms with van der Waals surface area (Å²) in [6.07, 6.45) is 1.58. The van der Waals surface area contributed by atoms with Gasteiger partial charge in [0, 0.05) is 18.0 Å². The zero-order valence-electron chi connectivity index (χ0n) is 7.79. The van der Waals surface area contributed by atoms with E-state index in [1.807, 2.05) is 0 Å². The number of rotatable bonds is 3. The Kier molecular flexibility index (Phi) is 2.59. The second-order valence-corrected chi connectivity index (χ2v) is 3.57. The first-order chi connectivity index (χ1) is 6.75. The molecule has 1 aromatic rings. The zero-order chi connectivity index (χ0) is 9.97. The van der Waals surface area contributed by atoms with Crippen LogP contribution in [0, 0.1) is 5.82 Å². The molecule has 1 N–H and O–H groups in total. The lowest BCUT2D eigenvalue weighted by atomic mass is 9.97. The summed E-state index contributed by atoms with van der Waals surface area (Å²) < 4.78 is 12.6. The van der Waals surface area contributed by atoms with Crippen LogP contribution < -0.4 is 5.32 Å². The molecule has 2 rings (SSSR count). The average molecular weight is 193 g/mol. The number of halogens is 1. The van der Waals surface area contributed by atoms with Gasteiger partial charge in [-0.15, -0.1) is 0 Å². The topological polar surface area (TPSA) is 29.1 Å². The lowest BCUT2D eigenvalue weighted by Gasteiger charge is -2.26. The summed E-state index contributed by atoms with van der Waals surface area (Å²) in [4.78, 5) is 11.6. The maximum Gasteiger partial charge on any atom is 0.164 e. The minimum absolute atomic E-state index is 0.0854. The van der Waals surface area contributed by atoms with E-state index in [-0.39, 0.29) is 11.6 Å². The summed E-state index contributed by atoms with van der Waals surface area (Å²) in [6.45, 7) is 1.00. The largest absolute Gasteiger partial charge is 0.313 e. The van der Waals surface area contributed by atoms with E-state index in [9.17, 15) is 9.18 Å². The number of carbonyl (C=O) groups excluding carboxylic acids is 1. The Bertz CT molecular complexity index is 330. The SMILES string of the molecule is O=C(CC1CCN1)c1ccc(F)cc1. The van der Waals surface area contributed by atoms with Crippen molar-refractivity contribution in [2.45, 2.75) is 18.9 Å².